The number of aromatic nitrogens is 2. The molecule has 1 aliphatic rings. The zero-order chi connectivity index (χ0) is 17.9. The van der Waals surface area contributed by atoms with Crippen molar-refractivity contribution in [3.63, 3.8) is 0 Å². The van der Waals surface area contributed by atoms with Crippen LogP contribution in [0.2, 0.25) is 0 Å². The van der Waals surface area contributed by atoms with Crippen LogP contribution in [0.4, 0.5) is 0 Å². The van der Waals surface area contributed by atoms with Gasteiger partial charge in [-0.05, 0) is 29.8 Å². The molecule has 3 aromatic rings. The first kappa shape index (κ1) is 16.7. The Labute approximate surface area is 154 Å². The second-order valence-corrected chi connectivity index (χ2v) is 6.76. The van der Waals surface area contributed by atoms with Crippen molar-refractivity contribution in [3.05, 3.63) is 77.2 Å². The Hall–Kier alpha value is -2.72. The standard InChI is InChI=1S/C22H23N3O/c1-2-21-23-20-12-13-25(14-16-6-4-3-5-7-16)15-19(20)22(24-21)17-8-10-18(26)11-9-17/h3-11,26H,2,12-15H2,1H3. The minimum Gasteiger partial charge on any atom is -0.508 e. The van der Waals surface area contributed by atoms with Crippen LogP contribution in [0.3, 0.4) is 0 Å². The van der Waals surface area contributed by atoms with Crippen LogP contribution in [0.5, 0.6) is 5.75 Å². The number of fused-ring (bicyclic) bond motifs is 1. The van der Waals surface area contributed by atoms with E-state index in [0.29, 0.717) is 0 Å². The van der Waals surface area contributed by atoms with Crippen molar-refractivity contribution in [1.82, 2.24) is 14.9 Å². The van der Waals surface area contributed by atoms with Crippen LogP contribution in [0.25, 0.3) is 11.3 Å². The van der Waals surface area contributed by atoms with E-state index in [1.165, 1.54) is 16.8 Å². The SMILES string of the molecule is CCc1nc2c(c(-c3ccc(O)cc3)n1)CN(Cc1ccccc1)CC2. The Morgan fingerprint density at radius 2 is 1.77 bits per heavy atom. The summed E-state index contributed by atoms with van der Waals surface area (Å²) in [6.07, 6.45) is 1.77. The Kier molecular flexibility index (Phi) is 4.67. The third-order valence-electron chi connectivity index (χ3n) is 4.89. The molecule has 0 saturated heterocycles. The summed E-state index contributed by atoms with van der Waals surface area (Å²) in [5.41, 5.74) is 5.76. The van der Waals surface area contributed by atoms with Crippen molar-refractivity contribution >= 4 is 0 Å². The highest BCUT2D eigenvalue weighted by Crippen LogP contribution is 2.30. The van der Waals surface area contributed by atoms with Crippen LogP contribution in [-0.2, 0) is 25.9 Å². The van der Waals surface area contributed by atoms with Gasteiger partial charge in [-0.15, -0.1) is 0 Å². The van der Waals surface area contributed by atoms with Gasteiger partial charge in [0.15, 0.2) is 0 Å². The average Bonchev–Trinajstić information content (AvgIpc) is 2.68. The smallest absolute Gasteiger partial charge is 0.129 e. The van der Waals surface area contributed by atoms with Crippen LogP contribution >= 0.6 is 0 Å². The molecule has 2 aromatic carbocycles. The number of hydrogen-bond donors (Lipinski definition) is 1. The zero-order valence-corrected chi connectivity index (χ0v) is 15.0. The van der Waals surface area contributed by atoms with Gasteiger partial charge in [-0.2, -0.15) is 0 Å². The minimum atomic E-state index is 0.276. The van der Waals surface area contributed by atoms with E-state index in [1.54, 1.807) is 12.1 Å². The molecular weight excluding hydrogens is 322 g/mol. The molecule has 0 fully saturated rings. The van der Waals surface area contributed by atoms with E-state index in [0.717, 1.165) is 49.6 Å². The summed E-state index contributed by atoms with van der Waals surface area (Å²) in [4.78, 5) is 12.1. The normalized spacial score (nSPS) is 14.2. The van der Waals surface area contributed by atoms with Crippen molar-refractivity contribution in [3.8, 4) is 17.0 Å². The first-order chi connectivity index (χ1) is 12.7. The predicted molar refractivity (Wildman–Crippen MR) is 103 cm³/mol. The van der Waals surface area contributed by atoms with Crippen molar-refractivity contribution < 1.29 is 5.11 Å². The second-order valence-electron chi connectivity index (χ2n) is 6.76. The first-order valence-electron chi connectivity index (χ1n) is 9.17. The average molecular weight is 345 g/mol. The number of nitrogens with zero attached hydrogens (tertiary/aromatic N) is 3. The van der Waals surface area contributed by atoms with Gasteiger partial charge in [-0.3, -0.25) is 4.90 Å². The van der Waals surface area contributed by atoms with Gasteiger partial charge in [0.1, 0.15) is 11.6 Å². The molecule has 0 aliphatic carbocycles. The minimum absolute atomic E-state index is 0.276. The van der Waals surface area contributed by atoms with E-state index in [9.17, 15) is 5.11 Å². The molecule has 0 bridgehead atoms. The summed E-state index contributed by atoms with van der Waals surface area (Å²) in [5, 5.41) is 9.61. The van der Waals surface area contributed by atoms with Gasteiger partial charge >= 0.3 is 0 Å². The lowest BCUT2D eigenvalue weighted by Crippen LogP contribution is -2.31. The summed E-state index contributed by atoms with van der Waals surface area (Å²) in [5.74, 6) is 1.17. The van der Waals surface area contributed by atoms with Gasteiger partial charge in [0.05, 0.1) is 11.4 Å². The number of aryl methyl sites for hydroxylation is 1. The van der Waals surface area contributed by atoms with E-state index in [-0.39, 0.29) is 5.75 Å². The van der Waals surface area contributed by atoms with Crippen LogP contribution in [0.1, 0.15) is 29.6 Å². The van der Waals surface area contributed by atoms with Crippen LogP contribution in [0.15, 0.2) is 54.6 Å². The third kappa shape index (κ3) is 3.46. The maximum Gasteiger partial charge on any atom is 0.129 e. The van der Waals surface area contributed by atoms with E-state index in [1.807, 2.05) is 12.1 Å². The lowest BCUT2D eigenvalue weighted by molar-refractivity contribution is 0.243. The Bertz CT molecular complexity index is 891. The topological polar surface area (TPSA) is 49.3 Å². The van der Waals surface area contributed by atoms with Crippen molar-refractivity contribution in [2.45, 2.75) is 32.9 Å². The lowest BCUT2D eigenvalue weighted by Gasteiger charge is -2.29. The number of phenolic OH excluding ortho intramolecular Hbond substituents is 1. The fourth-order valence-corrected chi connectivity index (χ4v) is 3.51. The van der Waals surface area contributed by atoms with Gasteiger partial charge in [0, 0.05) is 43.6 Å². The van der Waals surface area contributed by atoms with Crippen LogP contribution in [0, 0.1) is 0 Å². The van der Waals surface area contributed by atoms with E-state index in [2.05, 4.69) is 42.2 Å². The maximum atomic E-state index is 9.61. The first-order valence-corrected chi connectivity index (χ1v) is 9.17. The molecule has 0 unspecified atom stereocenters. The monoisotopic (exact) mass is 345 g/mol. The largest absolute Gasteiger partial charge is 0.508 e. The molecule has 1 aromatic heterocycles. The molecule has 0 atom stereocenters. The van der Waals surface area contributed by atoms with Crippen molar-refractivity contribution in [2.24, 2.45) is 0 Å². The summed E-state index contributed by atoms with van der Waals surface area (Å²) in [6, 6.07) is 17.9. The summed E-state index contributed by atoms with van der Waals surface area (Å²) < 4.78 is 0. The van der Waals surface area contributed by atoms with Gasteiger partial charge in [0.25, 0.3) is 0 Å². The van der Waals surface area contributed by atoms with Crippen LogP contribution < -0.4 is 0 Å². The number of rotatable bonds is 4. The maximum absolute atomic E-state index is 9.61. The second kappa shape index (κ2) is 7.26. The molecule has 0 amide bonds. The molecule has 26 heavy (non-hydrogen) atoms. The van der Waals surface area contributed by atoms with Gasteiger partial charge in [-0.25, -0.2) is 9.97 Å². The molecule has 4 heteroatoms. The highest BCUT2D eigenvalue weighted by Gasteiger charge is 2.23. The molecule has 2 heterocycles. The molecular formula is C22H23N3O. The van der Waals surface area contributed by atoms with E-state index in [4.69, 9.17) is 9.97 Å². The number of phenols is 1. The quantitative estimate of drug-likeness (QED) is 0.777. The van der Waals surface area contributed by atoms with E-state index < -0.39 is 0 Å². The molecule has 4 nitrogen and oxygen atoms in total. The molecule has 0 spiro atoms. The molecule has 0 saturated carbocycles. The fraction of sp³-hybridized carbons (Fsp3) is 0.273. The van der Waals surface area contributed by atoms with Gasteiger partial charge < -0.3 is 5.11 Å². The molecule has 132 valence electrons. The summed E-state index contributed by atoms with van der Waals surface area (Å²) in [6.45, 7) is 4.89. The van der Waals surface area contributed by atoms with E-state index >= 15 is 0 Å². The lowest BCUT2D eigenvalue weighted by atomic mass is 9.98. The Morgan fingerprint density at radius 3 is 2.50 bits per heavy atom. The highest BCUT2D eigenvalue weighted by atomic mass is 16.3. The van der Waals surface area contributed by atoms with Crippen molar-refractivity contribution in [2.75, 3.05) is 6.54 Å². The Morgan fingerprint density at radius 1 is 1.00 bits per heavy atom. The highest BCUT2D eigenvalue weighted by molar-refractivity contribution is 5.65. The molecule has 0 radical (unpaired) electrons. The molecule has 4 rings (SSSR count). The Balaban J connectivity index is 1.69. The zero-order valence-electron chi connectivity index (χ0n) is 15.0. The predicted octanol–water partition coefficient (Wildman–Crippen LogP) is 3.97. The number of benzene rings is 2. The summed E-state index contributed by atoms with van der Waals surface area (Å²) in [7, 11) is 0. The van der Waals surface area contributed by atoms with Gasteiger partial charge in [0.2, 0.25) is 0 Å². The third-order valence-corrected chi connectivity index (χ3v) is 4.89. The van der Waals surface area contributed by atoms with Crippen LogP contribution in [-0.4, -0.2) is 26.5 Å². The van der Waals surface area contributed by atoms with Crippen molar-refractivity contribution in [1.29, 1.82) is 0 Å². The molecule has 1 aliphatic heterocycles. The fourth-order valence-electron chi connectivity index (χ4n) is 3.51. The molecule has 1 N–H and O–H groups in total. The van der Waals surface area contributed by atoms with Gasteiger partial charge in [-0.1, -0.05) is 37.3 Å². The summed E-state index contributed by atoms with van der Waals surface area (Å²) >= 11 is 0. The number of hydrogen-bond acceptors (Lipinski definition) is 4. The number of aromatic hydroxyl groups is 1.